The molecule has 0 aromatic heterocycles. The van der Waals surface area contributed by atoms with Crippen LogP contribution >= 0.6 is 11.8 Å². The molecule has 2 heterocycles. The molecule has 0 radical (unpaired) electrons. The molecule has 0 spiro atoms. The minimum Gasteiger partial charge on any atom is -0.481 e. The maximum absolute atomic E-state index is 12.2. The van der Waals surface area contributed by atoms with Crippen LogP contribution in [0.5, 0.6) is 0 Å². The van der Waals surface area contributed by atoms with Crippen molar-refractivity contribution in [3.05, 3.63) is 0 Å². The highest BCUT2D eigenvalue weighted by molar-refractivity contribution is 8.00. The van der Waals surface area contributed by atoms with Crippen LogP contribution in [0.25, 0.3) is 0 Å². The second kappa shape index (κ2) is 7.14. The highest BCUT2D eigenvalue weighted by Gasteiger charge is 2.36. The zero-order chi connectivity index (χ0) is 13.7. The second-order valence-electron chi connectivity index (χ2n) is 5.03. The number of nitrogens with zero attached hydrogens (tertiary/aromatic N) is 1. The molecule has 2 saturated heterocycles. The molecule has 1 N–H and O–H groups in total. The first-order valence-corrected chi connectivity index (χ1v) is 7.94. The van der Waals surface area contributed by atoms with Crippen molar-refractivity contribution in [2.45, 2.75) is 43.4 Å². The summed E-state index contributed by atoms with van der Waals surface area (Å²) in [4.78, 5) is 24.7. The predicted molar refractivity (Wildman–Crippen MR) is 73.3 cm³/mol. The fourth-order valence-electron chi connectivity index (χ4n) is 2.69. The van der Waals surface area contributed by atoms with Crippen molar-refractivity contribution < 1.29 is 19.4 Å². The lowest BCUT2D eigenvalue weighted by atomic mass is 10.0. The Morgan fingerprint density at radius 3 is 2.89 bits per heavy atom. The van der Waals surface area contributed by atoms with Gasteiger partial charge in [-0.2, -0.15) is 11.8 Å². The van der Waals surface area contributed by atoms with Gasteiger partial charge in [0, 0.05) is 43.0 Å². The van der Waals surface area contributed by atoms with E-state index in [4.69, 9.17) is 9.84 Å². The summed E-state index contributed by atoms with van der Waals surface area (Å²) in [5, 5.41) is 8.99. The average Bonchev–Trinajstić information content (AvgIpc) is 2.42. The molecule has 2 aliphatic rings. The van der Waals surface area contributed by atoms with E-state index in [0.717, 1.165) is 31.9 Å². The third-order valence-corrected chi connectivity index (χ3v) is 4.98. The van der Waals surface area contributed by atoms with Gasteiger partial charge in [0.2, 0.25) is 5.91 Å². The number of hydrogen-bond acceptors (Lipinski definition) is 4. The van der Waals surface area contributed by atoms with Gasteiger partial charge in [-0.15, -0.1) is 0 Å². The van der Waals surface area contributed by atoms with Crippen molar-refractivity contribution in [1.29, 1.82) is 0 Å². The van der Waals surface area contributed by atoms with Crippen LogP contribution in [0, 0.1) is 0 Å². The van der Waals surface area contributed by atoms with Crippen molar-refractivity contribution in [2.75, 3.05) is 25.5 Å². The van der Waals surface area contributed by atoms with Crippen LogP contribution in [0.3, 0.4) is 0 Å². The molecule has 2 unspecified atom stereocenters. The number of carbonyl (C=O) groups excluding carboxylic acids is 1. The number of fused-ring (bicyclic) bond motifs is 1. The van der Waals surface area contributed by atoms with Gasteiger partial charge in [0.25, 0.3) is 0 Å². The van der Waals surface area contributed by atoms with E-state index in [1.54, 1.807) is 0 Å². The number of hydrogen-bond donors (Lipinski definition) is 1. The first-order chi connectivity index (χ1) is 9.18. The molecule has 0 aromatic carbocycles. The van der Waals surface area contributed by atoms with Crippen molar-refractivity contribution in [3.8, 4) is 0 Å². The summed E-state index contributed by atoms with van der Waals surface area (Å²) >= 11 is 1.90. The standard InChI is InChI=1S/C13H21NO4S/c15-12(3-1-2-4-13(16)17)14-6-8-19-11-9-18-7-5-10(11)14/h10-11H,1-9H2,(H,16,17). The largest absolute Gasteiger partial charge is 0.481 e. The molecule has 0 aromatic rings. The molecule has 19 heavy (non-hydrogen) atoms. The second-order valence-corrected chi connectivity index (χ2v) is 6.38. The van der Waals surface area contributed by atoms with Gasteiger partial charge in [-0.05, 0) is 19.3 Å². The molecular formula is C13H21NO4S. The number of rotatable bonds is 5. The van der Waals surface area contributed by atoms with Crippen LogP contribution in [0.2, 0.25) is 0 Å². The molecule has 1 amide bonds. The average molecular weight is 287 g/mol. The molecule has 6 heteroatoms. The molecule has 2 rings (SSSR count). The summed E-state index contributed by atoms with van der Waals surface area (Å²) in [6.07, 6.45) is 2.81. The normalized spacial score (nSPS) is 26.8. The monoisotopic (exact) mass is 287 g/mol. The van der Waals surface area contributed by atoms with E-state index in [-0.39, 0.29) is 12.3 Å². The van der Waals surface area contributed by atoms with Gasteiger partial charge in [-0.1, -0.05) is 0 Å². The van der Waals surface area contributed by atoms with Crippen LogP contribution in [0.4, 0.5) is 0 Å². The number of aliphatic carboxylic acids is 1. The van der Waals surface area contributed by atoms with Gasteiger partial charge >= 0.3 is 5.97 Å². The highest BCUT2D eigenvalue weighted by atomic mass is 32.2. The fourth-order valence-corrected chi connectivity index (χ4v) is 3.99. The van der Waals surface area contributed by atoms with E-state index in [2.05, 4.69) is 0 Å². The molecule has 2 aliphatic heterocycles. The SMILES string of the molecule is O=C(O)CCCCC(=O)N1CCSC2COCCC21. The van der Waals surface area contributed by atoms with Crippen molar-refractivity contribution >= 4 is 23.6 Å². The van der Waals surface area contributed by atoms with Gasteiger partial charge in [0.15, 0.2) is 0 Å². The Morgan fingerprint density at radius 2 is 2.11 bits per heavy atom. The van der Waals surface area contributed by atoms with Crippen LogP contribution in [-0.4, -0.2) is 58.7 Å². The Morgan fingerprint density at radius 1 is 1.32 bits per heavy atom. The Labute approximate surface area is 117 Å². The number of amides is 1. The van der Waals surface area contributed by atoms with Crippen molar-refractivity contribution in [3.63, 3.8) is 0 Å². The van der Waals surface area contributed by atoms with E-state index in [1.807, 2.05) is 16.7 Å². The quantitative estimate of drug-likeness (QED) is 0.773. The first-order valence-electron chi connectivity index (χ1n) is 6.89. The van der Waals surface area contributed by atoms with Gasteiger partial charge in [-0.3, -0.25) is 9.59 Å². The topological polar surface area (TPSA) is 66.8 Å². The molecular weight excluding hydrogens is 266 g/mol. The van der Waals surface area contributed by atoms with Crippen LogP contribution in [-0.2, 0) is 14.3 Å². The Balaban J connectivity index is 1.78. The number of carbonyl (C=O) groups is 2. The van der Waals surface area contributed by atoms with Gasteiger partial charge in [0.05, 0.1) is 6.61 Å². The zero-order valence-electron chi connectivity index (χ0n) is 11.0. The molecule has 2 atom stereocenters. The predicted octanol–water partition coefficient (Wildman–Crippen LogP) is 1.36. The van der Waals surface area contributed by atoms with Gasteiger partial charge < -0.3 is 14.7 Å². The highest BCUT2D eigenvalue weighted by Crippen LogP contribution is 2.30. The molecule has 0 saturated carbocycles. The fraction of sp³-hybridized carbons (Fsp3) is 0.846. The lowest BCUT2D eigenvalue weighted by Gasteiger charge is -2.43. The first kappa shape index (κ1) is 14.7. The molecule has 5 nitrogen and oxygen atoms in total. The van der Waals surface area contributed by atoms with Crippen LogP contribution in [0.1, 0.15) is 32.1 Å². The molecule has 2 fully saturated rings. The molecule has 0 aliphatic carbocycles. The molecule has 108 valence electrons. The molecule has 0 bridgehead atoms. The lowest BCUT2D eigenvalue weighted by molar-refractivity contribution is -0.138. The number of carboxylic acids is 1. The Bertz CT molecular complexity index is 335. The smallest absolute Gasteiger partial charge is 0.303 e. The number of unbranched alkanes of at least 4 members (excludes halogenated alkanes) is 1. The van der Waals surface area contributed by atoms with E-state index in [0.29, 0.717) is 30.6 Å². The third kappa shape index (κ3) is 4.11. The minimum atomic E-state index is -0.786. The maximum Gasteiger partial charge on any atom is 0.303 e. The number of carboxylic acid groups (broad SMARTS) is 1. The third-order valence-electron chi connectivity index (χ3n) is 3.69. The van der Waals surface area contributed by atoms with Crippen LogP contribution in [0.15, 0.2) is 0 Å². The zero-order valence-corrected chi connectivity index (χ0v) is 11.9. The summed E-state index contributed by atoms with van der Waals surface area (Å²) in [6, 6.07) is 0.319. The lowest BCUT2D eigenvalue weighted by Crippen LogP contribution is -2.54. The van der Waals surface area contributed by atoms with Crippen LogP contribution < -0.4 is 0 Å². The van der Waals surface area contributed by atoms with E-state index in [9.17, 15) is 9.59 Å². The minimum absolute atomic E-state index is 0.156. The summed E-state index contributed by atoms with van der Waals surface area (Å²) in [5.41, 5.74) is 0. The van der Waals surface area contributed by atoms with Gasteiger partial charge in [0.1, 0.15) is 0 Å². The van der Waals surface area contributed by atoms with E-state index >= 15 is 0 Å². The van der Waals surface area contributed by atoms with E-state index in [1.165, 1.54) is 0 Å². The Kier molecular flexibility index (Phi) is 5.51. The summed E-state index contributed by atoms with van der Waals surface area (Å²) in [5.74, 6) is 0.375. The summed E-state index contributed by atoms with van der Waals surface area (Å²) in [7, 11) is 0. The van der Waals surface area contributed by atoms with Crippen molar-refractivity contribution in [1.82, 2.24) is 4.90 Å². The Hall–Kier alpha value is -0.750. The van der Waals surface area contributed by atoms with Gasteiger partial charge in [-0.25, -0.2) is 0 Å². The van der Waals surface area contributed by atoms with Crippen molar-refractivity contribution in [2.24, 2.45) is 0 Å². The summed E-state index contributed by atoms with van der Waals surface area (Å²) < 4.78 is 5.47. The number of ether oxygens (including phenoxy) is 1. The maximum atomic E-state index is 12.2. The number of thioether (sulfide) groups is 1. The summed E-state index contributed by atoms with van der Waals surface area (Å²) in [6.45, 7) is 2.31. The van der Waals surface area contributed by atoms with E-state index < -0.39 is 5.97 Å².